The van der Waals surface area contributed by atoms with E-state index in [1.165, 1.54) is 4.88 Å². The molecule has 0 bridgehead atoms. The second-order valence-corrected chi connectivity index (χ2v) is 6.04. The Hall–Kier alpha value is -1.36. The van der Waals surface area contributed by atoms with Crippen LogP contribution in [0.4, 0.5) is 4.79 Å². The summed E-state index contributed by atoms with van der Waals surface area (Å²) in [6.07, 6.45) is 0. The van der Waals surface area contributed by atoms with Crippen molar-refractivity contribution >= 4 is 23.2 Å². The highest BCUT2D eigenvalue weighted by Gasteiger charge is 2.35. The summed E-state index contributed by atoms with van der Waals surface area (Å²) in [4.78, 5) is 19.7. The molecule has 1 atom stereocenters. The maximum atomic E-state index is 11.8. The summed E-state index contributed by atoms with van der Waals surface area (Å²) in [5.74, 6) is 0.820. The van der Waals surface area contributed by atoms with Crippen LogP contribution in [-0.4, -0.2) is 23.3 Å². The highest BCUT2D eigenvalue weighted by atomic mass is 32.1. The lowest BCUT2D eigenvalue weighted by atomic mass is 10.1. The number of urea groups is 1. The molecule has 1 aromatic rings. The molecule has 1 aliphatic rings. The molecule has 4 nitrogen and oxygen atoms in total. The Labute approximate surface area is 105 Å². The minimum Gasteiger partial charge on any atom is -0.385 e. The van der Waals surface area contributed by atoms with E-state index < -0.39 is 0 Å². The summed E-state index contributed by atoms with van der Waals surface area (Å²) in [6.45, 7) is 6.90. The van der Waals surface area contributed by atoms with Gasteiger partial charge in [-0.05, 0) is 25.0 Å². The van der Waals surface area contributed by atoms with Crippen molar-refractivity contribution in [3.63, 3.8) is 0 Å². The molecule has 17 heavy (non-hydrogen) atoms. The number of nitrogens with zero attached hydrogens (tertiary/aromatic N) is 2. The summed E-state index contributed by atoms with van der Waals surface area (Å²) in [6, 6.07) is 3.69. The SMILES string of the molecule is Cc1ccc(C2C(N)=NC(=O)N2CC(C)C)s1. The molecule has 2 rings (SSSR count). The van der Waals surface area contributed by atoms with Crippen molar-refractivity contribution in [1.29, 1.82) is 0 Å². The minimum absolute atomic E-state index is 0.163. The van der Waals surface area contributed by atoms with Gasteiger partial charge in [0.25, 0.3) is 0 Å². The third-order valence-electron chi connectivity index (χ3n) is 2.65. The Balaban J connectivity index is 2.29. The zero-order valence-electron chi connectivity index (χ0n) is 10.3. The fourth-order valence-electron chi connectivity index (χ4n) is 1.98. The van der Waals surface area contributed by atoms with E-state index in [-0.39, 0.29) is 12.1 Å². The summed E-state index contributed by atoms with van der Waals surface area (Å²) in [7, 11) is 0. The van der Waals surface area contributed by atoms with Gasteiger partial charge in [0.1, 0.15) is 11.9 Å². The van der Waals surface area contributed by atoms with Crippen molar-refractivity contribution in [2.75, 3.05) is 6.54 Å². The predicted molar refractivity (Wildman–Crippen MR) is 70.4 cm³/mol. The lowest BCUT2D eigenvalue weighted by molar-refractivity contribution is 0.199. The number of hydrogen-bond acceptors (Lipinski definition) is 3. The maximum Gasteiger partial charge on any atom is 0.346 e. The van der Waals surface area contributed by atoms with E-state index in [0.717, 1.165) is 4.88 Å². The lowest BCUT2D eigenvalue weighted by Crippen LogP contribution is -2.35. The predicted octanol–water partition coefficient (Wildman–Crippen LogP) is 2.55. The number of aryl methyl sites for hydroxylation is 1. The van der Waals surface area contributed by atoms with Gasteiger partial charge in [0, 0.05) is 16.3 Å². The van der Waals surface area contributed by atoms with E-state index in [2.05, 4.69) is 18.8 Å². The standard InChI is InChI=1S/C12H17N3OS/c1-7(2)6-15-10(11(13)14-12(15)16)9-5-4-8(3)17-9/h4-5,7,10H,6H2,1-3H3,(H2,13,14,16). The van der Waals surface area contributed by atoms with Gasteiger partial charge in [0.05, 0.1) is 0 Å². The average molecular weight is 251 g/mol. The third-order valence-corrected chi connectivity index (χ3v) is 3.71. The minimum atomic E-state index is -0.216. The topological polar surface area (TPSA) is 58.7 Å². The second-order valence-electron chi connectivity index (χ2n) is 4.72. The van der Waals surface area contributed by atoms with Gasteiger partial charge >= 0.3 is 6.03 Å². The van der Waals surface area contributed by atoms with Crippen LogP contribution in [0.15, 0.2) is 17.1 Å². The molecule has 92 valence electrons. The molecule has 2 N–H and O–H groups in total. The van der Waals surface area contributed by atoms with Crippen molar-refractivity contribution in [1.82, 2.24) is 4.90 Å². The van der Waals surface area contributed by atoms with Crippen LogP contribution >= 0.6 is 11.3 Å². The van der Waals surface area contributed by atoms with Crippen LogP contribution in [0.5, 0.6) is 0 Å². The number of nitrogens with two attached hydrogens (primary N) is 1. The molecule has 0 saturated heterocycles. The molecule has 1 aromatic heterocycles. The van der Waals surface area contributed by atoms with Crippen LogP contribution in [0, 0.1) is 12.8 Å². The molecule has 0 spiro atoms. The van der Waals surface area contributed by atoms with Gasteiger partial charge in [-0.2, -0.15) is 4.99 Å². The molecule has 0 fully saturated rings. The van der Waals surface area contributed by atoms with Gasteiger partial charge in [-0.15, -0.1) is 11.3 Å². The average Bonchev–Trinajstić information content (AvgIpc) is 2.72. The van der Waals surface area contributed by atoms with Crippen molar-refractivity contribution in [3.05, 3.63) is 21.9 Å². The van der Waals surface area contributed by atoms with Crippen molar-refractivity contribution in [3.8, 4) is 0 Å². The number of rotatable bonds is 3. The van der Waals surface area contributed by atoms with Crippen molar-refractivity contribution in [2.45, 2.75) is 26.8 Å². The van der Waals surface area contributed by atoms with E-state index in [1.54, 1.807) is 16.2 Å². The van der Waals surface area contributed by atoms with Gasteiger partial charge < -0.3 is 10.6 Å². The maximum absolute atomic E-state index is 11.8. The molecule has 2 amide bonds. The third kappa shape index (κ3) is 2.34. The Morgan fingerprint density at radius 2 is 2.24 bits per heavy atom. The van der Waals surface area contributed by atoms with Gasteiger partial charge in [0.15, 0.2) is 0 Å². The summed E-state index contributed by atoms with van der Waals surface area (Å²) < 4.78 is 0. The first-order valence-electron chi connectivity index (χ1n) is 5.70. The first-order chi connectivity index (χ1) is 7.99. The lowest BCUT2D eigenvalue weighted by Gasteiger charge is -2.24. The number of thiophene rings is 1. The first kappa shape index (κ1) is 12.1. The zero-order valence-corrected chi connectivity index (χ0v) is 11.1. The van der Waals surface area contributed by atoms with E-state index in [9.17, 15) is 4.79 Å². The quantitative estimate of drug-likeness (QED) is 0.897. The normalized spacial score (nSPS) is 20.2. The monoisotopic (exact) mass is 251 g/mol. The largest absolute Gasteiger partial charge is 0.385 e. The molecule has 0 radical (unpaired) electrons. The molecule has 2 heterocycles. The van der Waals surface area contributed by atoms with Crippen LogP contribution in [0.2, 0.25) is 0 Å². The molecule has 0 aromatic carbocycles. The number of hydrogen-bond donors (Lipinski definition) is 1. The van der Waals surface area contributed by atoms with Crippen LogP contribution < -0.4 is 5.73 Å². The first-order valence-corrected chi connectivity index (χ1v) is 6.51. The molecule has 1 aliphatic heterocycles. The Morgan fingerprint density at radius 3 is 2.76 bits per heavy atom. The number of amidine groups is 1. The highest BCUT2D eigenvalue weighted by molar-refractivity contribution is 7.12. The Bertz CT molecular complexity index is 464. The molecule has 0 saturated carbocycles. The smallest absolute Gasteiger partial charge is 0.346 e. The summed E-state index contributed by atoms with van der Waals surface area (Å²) >= 11 is 1.67. The van der Waals surface area contributed by atoms with Crippen LogP contribution in [0.25, 0.3) is 0 Å². The Kier molecular flexibility index (Phi) is 3.19. The van der Waals surface area contributed by atoms with Crippen LogP contribution in [0.1, 0.15) is 29.6 Å². The fourth-order valence-corrected chi connectivity index (χ4v) is 2.99. The molecule has 0 aliphatic carbocycles. The number of carbonyl (C=O) groups excluding carboxylic acids is 1. The zero-order chi connectivity index (χ0) is 12.6. The number of carbonyl (C=O) groups is 1. The number of aliphatic imine (C=N–C) groups is 1. The molecule has 1 unspecified atom stereocenters. The van der Waals surface area contributed by atoms with E-state index in [1.807, 2.05) is 19.1 Å². The van der Waals surface area contributed by atoms with Crippen molar-refractivity contribution in [2.24, 2.45) is 16.6 Å². The van der Waals surface area contributed by atoms with E-state index in [0.29, 0.717) is 18.3 Å². The van der Waals surface area contributed by atoms with Crippen LogP contribution in [-0.2, 0) is 0 Å². The Morgan fingerprint density at radius 1 is 1.53 bits per heavy atom. The van der Waals surface area contributed by atoms with Crippen molar-refractivity contribution < 1.29 is 4.79 Å². The summed E-state index contributed by atoms with van der Waals surface area (Å²) in [5, 5.41) is 0. The number of amides is 2. The highest BCUT2D eigenvalue weighted by Crippen LogP contribution is 2.32. The summed E-state index contributed by atoms with van der Waals surface area (Å²) in [5.41, 5.74) is 5.87. The molecular formula is C12H17N3OS. The van der Waals surface area contributed by atoms with Gasteiger partial charge in [-0.3, -0.25) is 0 Å². The van der Waals surface area contributed by atoms with Crippen LogP contribution in [0.3, 0.4) is 0 Å². The molecule has 5 heteroatoms. The molecular weight excluding hydrogens is 234 g/mol. The fraction of sp³-hybridized carbons (Fsp3) is 0.500. The van der Waals surface area contributed by atoms with Gasteiger partial charge in [-0.25, -0.2) is 4.79 Å². The van der Waals surface area contributed by atoms with E-state index in [4.69, 9.17) is 5.73 Å². The van der Waals surface area contributed by atoms with E-state index >= 15 is 0 Å². The van der Waals surface area contributed by atoms with Gasteiger partial charge in [-0.1, -0.05) is 13.8 Å². The van der Waals surface area contributed by atoms with Gasteiger partial charge in [0.2, 0.25) is 0 Å². The second kappa shape index (κ2) is 4.49.